The second-order valence-corrected chi connectivity index (χ2v) is 6.18. The van der Waals surface area contributed by atoms with Gasteiger partial charge in [0.15, 0.2) is 0 Å². The van der Waals surface area contributed by atoms with Crippen LogP contribution in [0.5, 0.6) is 0 Å². The standard InChI is InChI=1S/C19H23N3O/c1-15(19(23)21(2)14-18-9-5-6-11-20-18)22-12-10-16-7-3-4-8-17(16)13-22/h3-9,11,15H,10,12-14H2,1-2H3/t15-/m1/s1. The van der Waals surface area contributed by atoms with Gasteiger partial charge < -0.3 is 4.90 Å². The van der Waals surface area contributed by atoms with Gasteiger partial charge in [-0.1, -0.05) is 30.3 Å². The Morgan fingerprint density at radius 3 is 2.70 bits per heavy atom. The molecule has 4 heteroatoms. The van der Waals surface area contributed by atoms with Crippen LogP contribution in [0.1, 0.15) is 23.7 Å². The van der Waals surface area contributed by atoms with Gasteiger partial charge in [-0.15, -0.1) is 0 Å². The molecule has 1 aliphatic heterocycles. The number of fused-ring (bicyclic) bond motifs is 1. The SMILES string of the molecule is C[C@H](C(=O)N(C)Cc1ccccn1)N1CCc2ccccc2C1. The van der Waals surface area contributed by atoms with Gasteiger partial charge in [-0.2, -0.15) is 0 Å². The first kappa shape index (κ1) is 15.7. The molecule has 0 radical (unpaired) electrons. The van der Waals surface area contributed by atoms with Crippen LogP contribution >= 0.6 is 0 Å². The molecule has 0 unspecified atom stereocenters. The molecule has 1 aliphatic rings. The summed E-state index contributed by atoms with van der Waals surface area (Å²) in [6.07, 6.45) is 2.77. The molecular formula is C19H23N3O. The fourth-order valence-electron chi connectivity index (χ4n) is 3.14. The molecule has 0 saturated heterocycles. The molecule has 1 aromatic carbocycles. The first-order valence-electron chi connectivity index (χ1n) is 8.11. The Morgan fingerprint density at radius 1 is 1.22 bits per heavy atom. The zero-order valence-corrected chi connectivity index (χ0v) is 13.8. The smallest absolute Gasteiger partial charge is 0.239 e. The maximum absolute atomic E-state index is 12.7. The van der Waals surface area contributed by atoms with E-state index in [1.807, 2.05) is 32.2 Å². The van der Waals surface area contributed by atoms with E-state index in [2.05, 4.69) is 34.1 Å². The number of aromatic nitrogens is 1. The van der Waals surface area contributed by atoms with Gasteiger partial charge in [0.25, 0.3) is 0 Å². The van der Waals surface area contributed by atoms with Gasteiger partial charge in [-0.3, -0.25) is 14.7 Å². The third-order valence-electron chi connectivity index (χ3n) is 4.57. The van der Waals surface area contributed by atoms with Crippen LogP contribution in [0.3, 0.4) is 0 Å². The Morgan fingerprint density at radius 2 is 1.96 bits per heavy atom. The summed E-state index contributed by atoms with van der Waals surface area (Å²) in [4.78, 5) is 21.0. The number of likely N-dealkylation sites (N-methyl/N-ethyl adjacent to an activating group) is 1. The second-order valence-electron chi connectivity index (χ2n) is 6.18. The summed E-state index contributed by atoms with van der Waals surface area (Å²) < 4.78 is 0. The van der Waals surface area contributed by atoms with Gasteiger partial charge in [0.05, 0.1) is 18.3 Å². The van der Waals surface area contributed by atoms with Crippen molar-refractivity contribution in [2.45, 2.75) is 32.5 Å². The molecule has 0 bridgehead atoms. The van der Waals surface area contributed by atoms with E-state index in [-0.39, 0.29) is 11.9 Å². The lowest BCUT2D eigenvalue weighted by Gasteiger charge is -2.34. The van der Waals surface area contributed by atoms with Crippen molar-refractivity contribution in [3.63, 3.8) is 0 Å². The molecule has 2 aromatic rings. The first-order chi connectivity index (χ1) is 11.1. The van der Waals surface area contributed by atoms with Crippen molar-refractivity contribution in [1.82, 2.24) is 14.8 Å². The molecule has 4 nitrogen and oxygen atoms in total. The van der Waals surface area contributed by atoms with Crippen LogP contribution in [0.25, 0.3) is 0 Å². The van der Waals surface area contributed by atoms with Crippen LogP contribution in [0.15, 0.2) is 48.7 Å². The quantitative estimate of drug-likeness (QED) is 0.870. The molecule has 3 rings (SSSR count). The maximum atomic E-state index is 12.7. The van der Waals surface area contributed by atoms with E-state index < -0.39 is 0 Å². The van der Waals surface area contributed by atoms with Crippen molar-refractivity contribution in [3.8, 4) is 0 Å². The van der Waals surface area contributed by atoms with Gasteiger partial charge >= 0.3 is 0 Å². The first-order valence-corrected chi connectivity index (χ1v) is 8.11. The van der Waals surface area contributed by atoms with E-state index in [1.54, 1.807) is 11.1 Å². The highest BCUT2D eigenvalue weighted by atomic mass is 16.2. The van der Waals surface area contributed by atoms with Gasteiger partial charge in [0.1, 0.15) is 0 Å². The summed E-state index contributed by atoms with van der Waals surface area (Å²) >= 11 is 0. The third-order valence-corrected chi connectivity index (χ3v) is 4.57. The Labute approximate surface area is 137 Å². The molecule has 0 aliphatic carbocycles. The van der Waals surface area contributed by atoms with E-state index in [4.69, 9.17) is 0 Å². The molecule has 1 amide bonds. The van der Waals surface area contributed by atoms with Crippen molar-refractivity contribution < 1.29 is 4.79 Å². The molecule has 0 spiro atoms. The summed E-state index contributed by atoms with van der Waals surface area (Å²) in [6, 6.07) is 14.2. The highest BCUT2D eigenvalue weighted by molar-refractivity contribution is 5.81. The molecule has 1 aromatic heterocycles. The van der Waals surface area contributed by atoms with Gasteiger partial charge in [-0.25, -0.2) is 0 Å². The molecule has 23 heavy (non-hydrogen) atoms. The second kappa shape index (κ2) is 6.92. The zero-order chi connectivity index (χ0) is 16.2. The van der Waals surface area contributed by atoms with E-state index in [0.29, 0.717) is 6.54 Å². The molecule has 0 N–H and O–H groups in total. The molecule has 0 saturated carbocycles. The van der Waals surface area contributed by atoms with Crippen LogP contribution in [0.4, 0.5) is 0 Å². The molecule has 0 fully saturated rings. The Hall–Kier alpha value is -2.20. The molecular weight excluding hydrogens is 286 g/mol. The van der Waals surface area contributed by atoms with Crippen LogP contribution in [-0.4, -0.2) is 40.3 Å². The van der Waals surface area contributed by atoms with Crippen LogP contribution in [0, 0.1) is 0 Å². The van der Waals surface area contributed by atoms with Crippen molar-refractivity contribution in [2.24, 2.45) is 0 Å². The minimum atomic E-state index is -0.114. The van der Waals surface area contributed by atoms with Crippen LogP contribution < -0.4 is 0 Å². The average Bonchev–Trinajstić information content (AvgIpc) is 2.61. The third kappa shape index (κ3) is 3.59. The predicted molar refractivity (Wildman–Crippen MR) is 90.7 cm³/mol. The van der Waals surface area contributed by atoms with Crippen molar-refractivity contribution in [2.75, 3.05) is 13.6 Å². The molecule has 2 heterocycles. The molecule has 120 valence electrons. The largest absolute Gasteiger partial charge is 0.339 e. The van der Waals surface area contributed by atoms with Gasteiger partial charge in [0, 0.05) is 26.3 Å². The summed E-state index contributed by atoms with van der Waals surface area (Å²) in [5.74, 6) is 0.148. The lowest BCUT2D eigenvalue weighted by molar-refractivity contribution is -0.136. The topological polar surface area (TPSA) is 36.4 Å². The Bertz CT molecular complexity index is 671. The number of hydrogen-bond donors (Lipinski definition) is 0. The van der Waals surface area contributed by atoms with E-state index in [1.165, 1.54) is 11.1 Å². The zero-order valence-electron chi connectivity index (χ0n) is 13.8. The lowest BCUT2D eigenvalue weighted by Crippen LogP contribution is -2.47. The lowest BCUT2D eigenvalue weighted by atomic mass is 9.98. The fourth-order valence-corrected chi connectivity index (χ4v) is 3.14. The van der Waals surface area contributed by atoms with Crippen molar-refractivity contribution >= 4 is 5.91 Å². The van der Waals surface area contributed by atoms with E-state index in [0.717, 1.165) is 25.2 Å². The highest BCUT2D eigenvalue weighted by Gasteiger charge is 2.27. The summed E-state index contributed by atoms with van der Waals surface area (Å²) in [6.45, 7) is 4.33. The predicted octanol–water partition coefficient (Wildman–Crippen LogP) is 2.49. The number of nitrogens with zero attached hydrogens (tertiary/aromatic N) is 3. The summed E-state index contributed by atoms with van der Waals surface area (Å²) in [5, 5.41) is 0. The number of carbonyl (C=O) groups excluding carboxylic acids is 1. The maximum Gasteiger partial charge on any atom is 0.239 e. The van der Waals surface area contributed by atoms with Crippen LogP contribution in [-0.2, 0) is 24.3 Å². The van der Waals surface area contributed by atoms with E-state index in [9.17, 15) is 4.79 Å². The van der Waals surface area contributed by atoms with Crippen molar-refractivity contribution in [3.05, 3.63) is 65.5 Å². The monoisotopic (exact) mass is 309 g/mol. The minimum absolute atomic E-state index is 0.114. The number of hydrogen-bond acceptors (Lipinski definition) is 3. The minimum Gasteiger partial charge on any atom is -0.339 e. The average molecular weight is 309 g/mol. The highest BCUT2D eigenvalue weighted by Crippen LogP contribution is 2.21. The summed E-state index contributed by atoms with van der Waals surface area (Å²) in [5.41, 5.74) is 3.66. The normalized spacial score (nSPS) is 15.7. The number of rotatable bonds is 4. The number of amides is 1. The Balaban J connectivity index is 1.63. The van der Waals surface area contributed by atoms with Crippen molar-refractivity contribution in [1.29, 1.82) is 0 Å². The number of pyridine rings is 1. The van der Waals surface area contributed by atoms with E-state index >= 15 is 0 Å². The van der Waals surface area contributed by atoms with Gasteiger partial charge in [0.2, 0.25) is 5.91 Å². The summed E-state index contributed by atoms with van der Waals surface area (Å²) in [7, 11) is 1.85. The number of carbonyl (C=O) groups is 1. The van der Waals surface area contributed by atoms with Crippen LogP contribution in [0.2, 0.25) is 0 Å². The molecule has 1 atom stereocenters. The number of benzene rings is 1. The van der Waals surface area contributed by atoms with Gasteiger partial charge in [-0.05, 0) is 36.6 Å². The Kier molecular flexibility index (Phi) is 4.72. The fraction of sp³-hybridized carbons (Fsp3) is 0.368.